The number of aliphatic hydroxyl groups excluding tert-OH is 1. The van der Waals surface area contributed by atoms with E-state index in [-0.39, 0.29) is 12.0 Å². The lowest BCUT2D eigenvalue weighted by atomic mass is 9.74. The van der Waals surface area contributed by atoms with Gasteiger partial charge in [-0.3, -0.25) is 0 Å². The molecule has 1 atom stereocenters. The molecule has 0 radical (unpaired) electrons. The van der Waals surface area contributed by atoms with Gasteiger partial charge in [0.05, 0.1) is 31.3 Å². The van der Waals surface area contributed by atoms with E-state index < -0.39 is 6.10 Å². The molecule has 0 bridgehead atoms. The first-order chi connectivity index (χ1) is 8.23. The summed E-state index contributed by atoms with van der Waals surface area (Å²) in [7, 11) is 0. The highest BCUT2D eigenvalue weighted by atomic mass is 16.5. The van der Waals surface area contributed by atoms with Crippen molar-refractivity contribution in [1.29, 1.82) is 0 Å². The molecule has 1 aliphatic heterocycles. The molecule has 1 aromatic rings. The van der Waals surface area contributed by atoms with Gasteiger partial charge in [-0.05, 0) is 24.6 Å². The van der Waals surface area contributed by atoms with Gasteiger partial charge in [0.25, 0.3) is 0 Å². The summed E-state index contributed by atoms with van der Waals surface area (Å²) in [6, 6.07) is 7.79. The van der Waals surface area contributed by atoms with Crippen LogP contribution in [0.5, 0.6) is 5.75 Å². The number of aliphatic hydroxyl groups is 1. The van der Waals surface area contributed by atoms with Gasteiger partial charge in [-0.15, -0.1) is 0 Å². The quantitative estimate of drug-likeness (QED) is 0.790. The van der Waals surface area contributed by atoms with Gasteiger partial charge in [0, 0.05) is 6.54 Å². The molecule has 0 saturated carbocycles. The van der Waals surface area contributed by atoms with Crippen LogP contribution < -0.4 is 10.5 Å². The topological polar surface area (TPSA) is 64.7 Å². The summed E-state index contributed by atoms with van der Waals surface area (Å²) >= 11 is 0. The maximum Gasteiger partial charge on any atom is 0.119 e. The van der Waals surface area contributed by atoms with Crippen LogP contribution in [-0.2, 0) is 10.2 Å². The van der Waals surface area contributed by atoms with E-state index in [1.54, 1.807) is 0 Å². The van der Waals surface area contributed by atoms with Crippen molar-refractivity contribution in [3.63, 3.8) is 0 Å². The van der Waals surface area contributed by atoms with Crippen molar-refractivity contribution in [1.82, 2.24) is 0 Å². The molecule has 17 heavy (non-hydrogen) atoms. The zero-order valence-electron chi connectivity index (χ0n) is 10.1. The van der Waals surface area contributed by atoms with Gasteiger partial charge in [-0.25, -0.2) is 0 Å². The third kappa shape index (κ3) is 2.16. The van der Waals surface area contributed by atoms with Crippen LogP contribution in [0.25, 0.3) is 0 Å². The van der Waals surface area contributed by atoms with Crippen LogP contribution >= 0.6 is 0 Å². The highest BCUT2D eigenvalue weighted by Crippen LogP contribution is 2.36. The van der Waals surface area contributed by atoms with E-state index in [1.165, 1.54) is 0 Å². The van der Waals surface area contributed by atoms with Crippen LogP contribution in [0.3, 0.4) is 0 Å². The lowest BCUT2D eigenvalue weighted by molar-refractivity contribution is -0.116. The molecule has 0 aromatic heterocycles. The fourth-order valence-corrected chi connectivity index (χ4v) is 2.15. The van der Waals surface area contributed by atoms with Crippen LogP contribution in [0, 0.1) is 0 Å². The second-order valence-electron chi connectivity index (χ2n) is 4.36. The average molecular weight is 237 g/mol. The van der Waals surface area contributed by atoms with Crippen LogP contribution in [0.2, 0.25) is 0 Å². The molecule has 0 spiro atoms. The maximum absolute atomic E-state index is 10.0. The van der Waals surface area contributed by atoms with Gasteiger partial charge in [-0.1, -0.05) is 12.1 Å². The van der Waals surface area contributed by atoms with Crippen LogP contribution in [0.15, 0.2) is 24.3 Å². The standard InChI is InChI=1S/C13H19NO3/c1-2-17-11-5-3-10(4-6-11)13(8-16-9-13)12(15)7-14/h3-6,12,15H,2,7-9,14H2,1H3. The minimum Gasteiger partial charge on any atom is -0.494 e. The lowest BCUT2D eigenvalue weighted by Crippen LogP contribution is -2.57. The number of nitrogens with two attached hydrogens (primary N) is 1. The summed E-state index contributed by atoms with van der Waals surface area (Å²) in [5, 5.41) is 10.0. The number of hydrogen-bond acceptors (Lipinski definition) is 4. The van der Waals surface area contributed by atoms with Gasteiger partial charge in [-0.2, -0.15) is 0 Å². The smallest absolute Gasteiger partial charge is 0.119 e. The fraction of sp³-hybridized carbons (Fsp3) is 0.538. The largest absolute Gasteiger partial charge is 0.494 e. The van der Waals surface area contributed by atoms with Crippen molar-refractivity contribution in [3.8, 4) is 5.75 Å². The molecule has 3 N–H and O–H groups in total. The van der Waals surface area contributed by atoms with Crippen molar-refractivity contribution < 1.29 is 14.6 Å². The molecule has 0 amide bonds. The van der Waals surface area contributed by atoms with Gasteiger partial charge in [0.15, 0.2) is 0 Å². The molecule has 1 fully saturated rings. The first-order valence-corrected chi connectivity index (χ1v) is 5.92. The van der Waals surface area contributed by atoms with Gasteiger partial charge >= 0.3 is 0 Å². The van der Waals surface area contributed by atoms with E-state index in [4.69, 9.17) is 15.2 Å². The minimum absolute atomic E-state index is 0.247. The number of rotatable bonds is 5. The third-order valence-electron chi connectivity index (χ3n) is 3.32. The molecule has 1 aliphatic rings. The fourth-order valence-electron chi connectivity index (χ4n) is 2.15. The number of hydrogen-bond donors (Lipinski definition) is 2. The second kappa shape index (κ2) is 5.04. The molecule has 4 nitrogen and oxygen atoms in total. The SMILES string of the molecule is CCOc1ccc(C2(C(O)CN)COC2)cc1. The van der Waals surface area contributed by atoms with E-state index in [1.807, 2.05) is 31.2 Å². The molecule has 1 unspecified atom stereocenters. The first kappa shape index (κ1) is 12.4. The Morgan fingerprint density at radius 2 is 2.06 bits per heavy atom. The molecule has 4 heteroatoms. The highest BCUT2D eigenvalue weighted by Gasteiger charge is 2.46. The van der Waals surface area contributed by atoms with Gasteiger partial charge < -0.3 is 20.3 Å². The summed E-state index contributed by atoms with van der Waals surface area (Å²) < 4.78 is 10.6. The molecule has 1 aromatic carbocycles. The van der Waals surface area contributed by atoms with E-state index in [0.29, 0.717) is 19.8 Å². The van der Waals surface area contributed by atoms with Gasteiger partial charge in [0.2, 0.25) is 0 Å². The van der Waals surface area contributed by atoms with Crippen LogP contribution in [0.1, 0.15) is 12.5 Å². The molecule has 1 heterocycles. The Morgan fingerprint density at radius 3 is 2.47 bits per heavy atom. The zero-order valence-corrected chi connectivity index (χ0v) is 10.1. The normalized spacial score (nSPS) is 19.5. The second-order valence-corrected chi connectivity index (χ2v) is 4.36. The predicted molar refractivity (Wildman–Crippen MR) is 65.2 cm³/mol. The average Bonchev–Trinajstić information content (AvgIpc) is 2.30. The number of benzene rings is 1. The summed E-state index contributed by atoms with van der Waals surface area (Å²) in [4.78, 5) is 0. The van der Waals surface area contributed by atoms with E-state index in [9.17, 15) is 5.11 Å². The molecular formula is C13H19NO3. The van der Waals surface area contributed by atoms with Crippen molar-refractivity contribution >= 4 is 0 Å². The summed E-state index contributed by atoms with van der Waals surface area (Å²) in [5.74, 6) is 0.842. The molecule has 2 rings (SSSR count). The minimum atomic E-state index is -0.561. The molecule has 94 valence electrons. The Labute approximate surface area is 101 Å². The first-order valence-electron chi connectivity index (χ1n) is 5.92. The Bertz CT molecular complexity index is 359. The van der Waals surface area contributed by atoms with Crippen LogP contribution in [-0.4, -0.2) is 37.6 Å². The van der Waals surface area contributed by atoms with Crippen molar-refractivity contribution in [3.05, 3.63) is 29.8 Å². The van der Waals surface area contributed by atoms with Gasteiger partial charge in [0.1, 0.15) is 5.75 Å². The highest BCUT2D eigenvalue weighted by molar-refractivity contribution is 5.35. The summed E-state index contributed by atoms with van der Waals surface area (Å²) in [6.07, 6.45) is -0.561. The Hall–Kier alpha value is -1.10. The Kier molecular flexibility index (Phi) is 3.66. The summed E-state index contributed by atoms with van der Waals surface area (Å²) in [5.41, 5.74) is 6.28. The third-order valence-corrected chi connectivity index (χ3v) is 3.32. The van der Waals surface area contributed by atoms with Crippen molar-refractivity contribution in [2.75, 3.05) is 26.4 Å². The molecule has 0 aliphatic carbocycles. The van der Waals surface area contributed by atoms with E-state index in [0.717, 1.165) is 11.3 Å². The Balaban J connectivity index is 2.20. The molecule has 1 saturated heterocycles. The van der Waals surface area contributed by atoms with Crippen molar-refractivity contribution in [2.24, 2.45) is 5.73 Å². The maximum atomic E-state index is 10.0. The predicted octanol–water partition coefficient (Wildman–Crippen LogP) is 0.673. The molecular weight excluding hydrogens is 218 g/mol. The van der Waals surface area contributed by atoms with E-state index in [2.05, 4.69) is 0 Å². The van der Waals surface area contributed by atoms with Crippen molar-refractivity contribution in [2.45, 2.75) is 18.4 Å². The monoisotopic (exact) mass is 237 g/mol. The Morgan fingerprint density at radius 1 is 1.41 bits per heavy atom. The van der Waals surface area contributed by atoms with Crippen LogP contribution in [0.4, 0.5) is 0 Å². The lowest BCUT2D eigenvalue weighted by Gasteiger charge is -2.45. The summed E-state index contributed by atoms with van der Waals surface area (Å²) in [6.45, 7) is 3.90. The van der Waals surface area contributed by atoms with E-state index >= 15 is 0 Å². The zero-order chi connectivity index (χ0) is 12.3. The number of ether oxygens (including phenoxy) is 2.